The molecule has 10 heteroatoms. The number of ether oxygens (including phenoxy) is 2. The van der Waals surface area contributed by atoms with Crippen LogP contribution in [0.25, 0.3) is 75.9 Å². The lowest BCUT2D eigenvalue weighted by molar-refractivity contribution is 0.268. The molecule has 0 aliphatic heterocycles. The van der Waals surface area contributed by atoms with Gasteiger partial charge >= 0.3 is 0 Å². The van der Waals surface area contributed by atoms with Crippen LogP contribution in [0.4, 0.5) is 0 Å². The number of rotatable bonds is 11. The summed E-state index contributed by atoms with van der Waals surface area (Å²) in [4.78, 5) is 1.60. The Bertz CT molecular complexity index is 2650. The lowest BCUT2D eigenvalue weighted by Gasteiger charge is -2.10. The molecule has 6 nitrogen and oxygen atoms in total. The van der Waals surface area contributed by atoms with Gasteiger partial charge in [-0.3, -0.25) is 0 Å². The lowest BCUT2D eigenvalue weighted by atomic mass is 10.2. The first-order chi connectivity index (χ1) is 26.7. The number of benzene rings is 4. The average molecular weight is 781 g/mol. The first kappa shape index (κ1) is 33.1. The van der Waals surface area contributed by atoms with Crippen molar-refractivity contribution in [2.24, 2.45) is 0 Å². The third-order valence-corrected chi connectivity index (χ3v) is 13.4. The van der Waals surface area contributed by atoms with Gasteiger partial charge in [0.15, 0.2) is 11.5 Å². The van der Waals surface area contributed by atoms with E-state index in [0.29, 0.717) is 13.2 Å². The summed E-state index contributed by atoms with van der Waals surface area (Å²) in [6, 6.07) is 33.3. The smallest absolute Gasteiger partial charge is 0.158 e. The maximum atomic E-state index is 11.6. The van der Waals surface area contributed by atoms with Crippen LogP contribution >= 0.6 is 45.3 Å². The maximum absolute atomic E-state index is 11.6. The van der Waals surface area contributed by atoms with E-state index in [-0.39, 0.29) is 11.5 Å². The standard InChI is InChI=1S/C44H32N2O4S4/c47-41-37(45-33-15-5-1-11-27(33)28-12-2-6-16-34(28)45)23-53-43(41)31-21-51-25-39(31)49-19-9-10-20-50-40-26-52-22-32(40)44-42(48)38(24-54-44)46-35-17-7-3-13-29(35)30-14-4-8-18-36(30)46/h1-8,11-18,21-26,47-48H,9-10,19-20H2. The molecule has 0 saturated heterocycles. The first-order valence-corrected chi connectivity index (χ1v) is 21.3. The molecule has 0 amide bonds. The molecule has 0 saturated carbocycles. The molecule has 10 aromatic rings. The minimum atomic E-state index is 0.258. The Hall–Kier alpha value is -5.52. The zero-order valence-corrected chi connectivity index (χ0v) is 32.0. The summed E-state index contributed by atoms with van der Waals surface area (Å²) in [6.45, 7) is 1.06. The van der Waals surface area contributed by atoms with Crippen molar-refractivity contribution in [2.45, 2.75) is 12.8 Å². The van der Waals surface area contributed by atoms with Crippen molar-refractivity contribution in [2.75, 3.05) is 13.2 Å². The third-order valence-electron chi connectivity index (χ3n) is 9.93. The topological polar surface area (TPSA) is 68.8 Å². The Morgan fingerprint density at radius 3 is 1.17 bits per heavy atom. The predicted octanol–water partition coefficient (Wildman–Crippen LogP) is 13.1. The lowest BCUT2D eigenvalue weighted by Crippen LogP contribution is -2.02. The Kier molecular flexibility index (Phi) is 8.40. The second kappa shape index (κ2) is 13.7. The van der Waals surface area contributed by atoms with Crippen molar-refractivity contribution in [1.82, 2.24) is 9.13 Å². The Balaban J connectivity index is 0.808. The average Bonchev–Trinajstić information content (AvgIpc) is 4.07. The van der Waals surface area contributed by atoms with Crippen LogP contribution in [0.3, 0.4) is 0 Å². The monoisotopic (exact) mass is 780 g/mol. The Labute approximate surface area is 326 Å². The van der Waals surface area contributed by atoms with Crippen LogP contribution in [0.5, 0.6) is 23.0 Å². The highest BCUT2D eigenvalue weighted by Crippen LogP contribution is 2.49. The molecule has 0 aliphatic carbocycles. The molecular formula is C44H32N2O4S4. The number of thiophene rings is 4. The molecule has 0 bridgehead atoms. The van der Waals surface area contributed by atoms with E-state index < -0.39 is 0 Å². The van der Waals surface area contributed by atoms with Gasteiger partial charge in [-0.05, 0) is 37.1 Å². The molecule has 6 heterocycles. The van der Waals surface area contributed by atoms with Crippen LogP contribution in [0, 0.1) is 0 Å². The highest BCUT2D eigenvalue weighted by atomic mass is 32.1. The van der Waals surface area contributed by atoms with Crippen molar-refractivity contribution >= 4 is 89.0 Å². The normalized spacial score (nSPS) is 11.8. The number of aromatic nitrogens is 2. The molecule has 6 aromatic heterocycles. The van der Waals surface area contributed by atoms with Gasteiger partial charge in [0.1, 0.15) is 11.5 Å². The fourth-order valence-corrected chi connectivity index (χ4v) is 11.0. The highest BCUT2D eigenvalue weighted by Gasteiger charge is 2.23. The fraction of sp³-hybridized carbons (Fsp3) is 0.0909. The first-order valence-electron chi connectivity index (χ1n) is 17.6. The highest BCUT2D eigenvalue weighted by molar-refractivity contribution is 7.15. The van der Waals surface area contributed by atoms with E-state index in [1.807, 2.05) is 56.5 Å². The SMILES string of the molecule is Oc1c(-n2c3ccccc3c3ccccc32)csc1-c1cscc1OCCCCOc1cscc1-c1scc(-n2c3ccccc3c3ccccc32)c1O. The van der Waals surface area contributed by atoms with Crippen molar-refractivity contribution in [3.05, 3.63) is 129 Å². The summed E-state index contributed by atoms with van der Waals surface area (Å²) < 4.78 is 16.9. The van der Waals surface area contributed by atoms with Crippen LogP contribution in [0.2, 0.25) is 0 Å². The number of nitrogens with zero attached hydrogens (tertiary/aromatic N) is 2. The Morgan fingerprint density at radius 1 is 0.444 bits per heavy atom. The summed E-state index contributed by atoms with van der Waals surface area (Å²) >= 11 is 6.20. The second-order valence-electron chi connectivity index (χ2n) is 13.0. The van der Waals surface area contributed by atoms with Gasteiger partial charge in [-0.15, -0.1) is 45.3 Å². The number of para-hydroxylation sites is 4. The molecular weight excluding hydrogens is 749 g/mol. The molecule has 0 radical (unpaired) electrons. The van der Waals surface area contributed by atoms with Crippen LogP contribution in [0.15, 0.2) is 129 Å². The zero-order valence-electron chi connectivity index (χ0n) is 28.8. The van der Waals surface area contributed by atoms with Crippen LogP contribution in [-0.2, 0) is 0 Å². The number of hydrogen-bond donors (Lipinski definition) is 2. The molecule has 0 fully saturated rings. The minimum absolute atomic E-state index is 0.258. The van der Waals surface area contributed by atoms with Gasteiger partial charge in [-0.2, -0.15) is 0 Å². The van der Waals surface area contributed by atoms with Gasteiger partial charge in [0, 0.05) is 65.0 Å². The van der Waals surface area contributed by atoms with Crippen molar-refractivity contribution in [1.29, 1.82) is 0 Å². The molecule has 0 aliphatic rings. The van der Waals surface area contributed by atoms with Gasteiger partial charge in [0.05, 0.1) is 56.4 Å². The van der Waals surface area contributed by atoms with Crippen LogP contribution in [-0.4, -0.2) is 32.6 Å². The molecule has 0 unspecified atom stereocenters. The number of unbranched alkanes of at least 4 members (excludes halogenated alkanes) is 1. The van der Waals surface area contributed by atoms with E-state index in [0.717, 1.165) is 100 Å². The van der Waals surface area contributed by atoms with Gasteiger partial charge in [0.25, 0.3) is 0 Å². The van der Waals surface area contributed by atoms with E-state index in [9.17, 15) is 10.2 Å². The van der Waals surface area contributed by atoms with Gasteiger partial charge in [-0.1, -0.05) is 72.8 Å². The van der Waals surface area contributed by atoms with E-state index in [4.69, 9.17) is 9.47 Å². The van der Waals surface area contributed by atoms with Crippen molar-refractivity contribution in [3.8, 4) is 55.3 Å². The number of fused-ring (bicyclic) bond motifs is 6. The van der Waals surface area contributed by atoms with Crippen molar-refractivity contribution in [3.63, 3.8) is 0 Å². The summed E-state index contributed by atoms with van der Waals surface area (Å²) in [6.07, 6.45) is 1.61. The minimum Gasteiger partial charge on any atom is -0.504 e. The van der Waals surface area contributed by atoms with E-state index in [2.05, 4.69) is 81.9 Å². The van der Waals surface area contributed by atoms with Crippen LogP contribution in [0.1, 0.15) is 12.8 Å². The van der Waals surface area contributed by atoms with Gasteiger partial charge in [-0.25, -0.2) is 0 Å². The van der Waals surface area contributed by atoms with Crippen molar-refractivity contribution < 1.29 is 19.7 Å². The quantitative estimate of drug-likeness (QED) is 0.128. The maximum Gasteiger partial charge on any atom is 0.158 e. The number of hydrogen-bond acceptors (Lipinski definition) is 8. The fourth-order valence-electron chi connectivity index (χ4n) is 7.44. The molecule has 54 heavy (non-hydrogen) atoms. The summed E-state index contributed by atoms with van der Waals surface area (Å²) in [5, 5.41) is 40.0. The van der Waals surface area contributed by atoms with E-state index in [1.165, 1.54) is 22.7 Å². The van der Waals surface area contributed by atoms with E-state index in [1.54, 1.807) is 22.7 Å². The molecule has 0 spiro atoms. The van der Waals surface area contributed by atoms with E-state index >= 15 is 0 Å². The Morgan fingerprint density at radius 2 is 0.796 bits per heavy atom. The van der Waals surface area contributed by atoms with Gasteiger partial charge in [0.2, 0.25) is 0 Å². The third kappa shape index (κ3) is 5.40. The molecule has 4 aromatic carbocycles. The largest absolute Gasteiger partial charge is 0.504 e. The van der Waals surface area contributed by atoms with Gasteiger partial charge < -0.3 is 28.8 Å². The van der Waals surface area contributed by atoms with Crippen LogP contribution < -0.4 is 9.47 Å². The number of aromatic hydroxyl groups is 2. The molecule has 266 valence electrons. The molecule has 10 rings (SSSR count). The summed E-state index contributed by atoms with van der Waals surface area (Å²) in [5.41, 5.74) is 7.61. The molecule has 0 atom stereocenters. The predicted molar refractivity (Wildman–Crippen MR) is 227 cm³/mol. The summed E-state index contributed by atoms with van der Waals surface area (Å²) in [5.74, 6) is 2.07. The second-order valence-corrected chi connectivity index (χ2v) is 16.3. The molecule has 2 N–H and O–H groups in total. The zero-order chi connectivity index (χ0) is 36.2. The summed E-state index contributed by atoms with van der Waals surface area (Å²) in [7, 11) is 0.